The molecule has 112 valence electrons. The second-order valence-corrected chi connectivity index (χ2v) is 11.5. The van der Waals surface area contributed by atoms with Gasteiger partial charge >= 0.3 is 5.97 Å². The van der Waals surface area contributed by atoms with Crippen LogP contribution in [0.3, 0.4) is 0 Å². The summed E-state index contributed by atoms with van der Waals surface area (Å²) in [5.41, 5.74) is 8.26. The van der Waals surface area contributed by atoms with E-state index in [1.54, 1.807) is 19.1 Å². The normalized spacial score (nSPS) is 12.5. The number of anilines is 1. The predicted molar refractivity (Wildman–Crippen MR) is 84.5 cm³/mol. The maximum atomic E-state index is 11.1. The molecule has 0 unspecified atom stereocenters. The van der Waals surface area contributed by atoms with Crippen LogP contribution in [0.15, 0.2) is 12.1 Å². The molecule has 3 N–H and O–H groups in total. The number of nitrogens with two attached hydrogens (primary N) is 1. The van der Waals surface area contributed by atoms with Crippen molar-refractivity contribution in [2.75, 3.05) is 5.73 Å². The number of aromatic carboxylic acids is 1. The summed E-state index contributed by atoms with van der Waals surface area (Å²) in [6.45, 7) is 13.1. The average molecular weight is 295 g/mol. The molecule has 0 atom stereocenters. The lowest BCUT2D eigenvalue weighted by molar-refractivity contribution is 0.0696. The number of nitrogen functional groups attached to an aromatic ring is 1. The Kier molecular flexibility index (Phi) is 4.66. The molecule has 0 spiro atoms. The average Bonchev–Trinajstić information content (AvgIpc) is 2.29. The molecular formula is C15H25NO3Si. The molecule has 0 aliphatic rings. The minimum atomic E-state index is -1.84. The predicted octanol–water partition coefficient (Wildman–Crippen LogP) is 3.80. The standard InChI is InChI=1S/C15H25NO3Si/c1-10-12(14(17)18)8-7-11(13(10)16)9-19-20(5,6)15(2,3)4/h7-8H,9,16H2,1-6H3,(H,17,18). The summed E-state index contributed by atoms with van der Waals surface area (Å²) in [7, 11) is -1.84. The van der Waals surface area contributed by atoms with Crippen LogP contribution in [0.5, 0.6) is 0 Å². The summed E-state index contributed by atoms with van der Waals surface area (Å²) in [6, 6.07) is 3.34. The van der Waals surface area contributed by atoms with Crippen LogP contribution >= 0.6 is 0 Å². The molecule has 0 heterocycles. The van der Waals surface area contributed by atoms with Crippen LogP contribution in [0.25, 0.3) is 0 Å². The van der Waals surface area contributed by atoms with Crippen LogP contribution < -0.4 is 5.73 Å². The fourth-order valence-electron chi connectivity index (χ4n) is 1.62. The van der Waals surface area contributed by atoms with Gasteiger partial charge in [0.2, 0.25) is 0 Å². The summed E-state index contributed by atoms with van der Waals surface area (Å²) in [4.78, 5) is 11.1. The molecule has 0 saturated heterocycles. The molecule has 0 aromatic heterocycles. The molecule has 5 heteroatoms. The van der Waals surface area contributed by atoms with Gasteiger partial charge in [-0.05, 0) is 42.2 Å². The lowest BCUT2D eigenvalue weighted by Crippen LogP contribution is -2.40. The van der Waals surface area contributed by atoms with E-state index in [-0.39, 0.29) is 10.6 Å². The van der Waals surface area contributed by atoms with Crippen LogP contribution in [0.4, 0.5) is 5.69 Å². The number of hydrogen-bond donors (Lipinski definition) is 2. The quantitative estimate of drug-likeness (QED) is 0.654. The van der Waals surface area contributed by atoms with E-state index in [9.17, 15) is 4.79 Å². The Hall–Kier alpha value is -1.33. The SMILES string of the molecule is Cc1c(C(=O)O)ccc(CO[Si](C)(C)C(C)(C)C)c1N. The van der Waals surface area contributed by atoms with E-state index < -0.39 is 14.3 Å². The maximum absolute atomic E-state index is 11.1. The molecule has 1 aromatic carbocycles. The van der Waals surface area contributed by atoms with Gasteiger partial charge in [0.1, 0.15) is 0 Å². The highest BCUT2D eigenvalue weighted by molar-refractivity contribution is 6.74. The van der Waals surface area contributed by atoms with Gasteiger partial charge in [0, 0.05) is 5.69 Å². The molecule has 1 aromatic rings. The monoisotopic (exact) mass is 295 g/mol. The Labute approximate surface area is 122 Å². The van der Waals surface area contributed by atoms with Crippen molar-refractivity contribution in [2.45, 2.75) is 52.4 Å². The summed E-state index contributed by atoms with van der Waals surface area (Å²) in [5.74, 6) is -0.953. The summed E-state index contributed by atoms with van der Waals surface area (Å²) in [6.07, 6.45) is 0. The molecule has 0 aliphatic carbocycles. The topological polar surface area (TPSA) is 72.5 Å². The van der Waals surface area contributed by atoms with E-state index in [0.717, 1.165) is 5.56 Å². The van der Waals surface area contributed by atoms with E-state index in [4.69, 9.17) is 15.3 Å². The molecular weight excluding hydrogens is 270 g/mol. The maximum Gasteiger partial charge on any atom is 0.336 e. The van der Waals surface area contributed by atoms with Crippen molar-refractivity contribution >= 4 is 20.0 Å². The van der Waals surface area contributed by atoms with Crippen molar-refractivity contribution in [3.63, 3.8) is 0 Å². The van der Waals surface area contributed by atoms with E-state index >= 15 is 0 Å². The second kappa shape index (κ2) is 5.58. The van der Waals surface area contributed by atoms with Gasteiger partial charge < -0.3 is 15.3 Å². The van der Waals surface area contributed by atoms with Crippen molar-refractivity contribution in [2.24, 2.45) is 0 Å². The number of benzene rings is 1. The minimum absolute atomic E-state index is 0.137. The Bertz CT molecular complexity index is 519. The van der Waals surface area contributed by atoms with Crippen molar-refractivity contribution in [1.29, 1.82) is 0 Å². The molecule has 0 radical (unpaired) electrons. The first-order valence-electron chi connectivity index (χ1n) is 6.72. The number of carboxylic acid groups (broad SMARTS) is 1. The summed E-state index contributed by atoms with van der Waals surface area (Å²) in [5, 5.41) is 9.20. The highest BCUT2D eigenvalue weighted by Crippen LogP contribution is 2.37. The van der Waals surface area contributed by atoms with E-state index in [1.807, 2.05) is 0 Å². The van der Waals surface area contributed by atoms with Crippen LogP contribution in [0.1, 0.15) is 42.3 Å². The van der Waals surface area contributed by atoms with Gasteiger partial charge in [-0.3, -0.25) is 0 Å². The van der Waals surface area contributed by atoms with Gasteiger partial charge in [0.25, 0.3) is 0 Å². The van der Waals surface area contributed by atoms with Gasteiger partial charge in [0.15, 0.2) is 8.32 Å². The molecule has 0 amide bonds. The molecule has 4 nitrogen and oxygen atoms in total. The second-order valence-electron chi connectivity index (χ2n) is 6.67. The third kappa shape index (κ3) is 3.40. The number of carboxylic acids is 1. The van der Waals surface area contributed by atoms with Gasteiger partial charge in [-0.15, -0.1) is 0 Å². The summed E-state index contributed by atoms with van der Waals surface area (Å²) >= 11 is 0. The number of carbonyl (C=O) groups is 1. The summed E-state index contributed by atoms with van der Waals surface area (Å²) < 4.78 is 6.13. The van der Waals surface area contributed by atoms with Crippen molar-refractivity contribution < 1.29 is 14.3 Å². The molecule has 0 saturated carbocycles. The fraction of sp³-hybridized carbons (Fsp3) is 0.533. The largest absolute Gasteiger partial charge is 0.478 e. The van der Waals surface area contributed by atoms with E-state index in [1.165, 1.54) is 0 Å². The Morgan fingerprint density at radius 2 is 1.90 bits per heavy atom. The van der Waals surface area contributed by atoms with Gasteiger partial charge in [-0.2, -0.15) is 0 Å². The lowest BCUT2D eigenvalue weighted by atomic mass is 10.0. The first-order valence-corrected chi connectivity index (χ1v) is 9.63. The number of hydrogen-bond acceptors (Lipinski definition) is 3. The zero-order valence-corrected chi connectivity index (χ0v) is 14.2. The van der Waals surface area contributed by atoms with Crippen LogP contribution in [-0.2, 0) is 11.0 Å². The highest BCUT2D eigenvalue weighted by atomic mass is 28.4. The number of rotatable bonds is 4. The van der Waals surface area contributed by atoms with Crippen molar-refractivity contribution in [1.82, 2.24) is 0 Å². The fourth-order valence-corrected chi connectivity index (χ4v) is 2.57. The first kappa shape index (κ1) is 16.7. The Morgan fingerprint density at radius 1 is 1.35 bits per heavy atom. The third-order valence-electron chi connectivity index (χ3n) is 4.23. The van der Waals surface area contributed by atoms with Gasteiger partial charge in [-0.1, -0.05) is 26.8 Å². The van der Waals surface area contributed by atoms with Gasteiger partial charge in [0.05, 0.1) is 12.2 Å². The zero-order chi connectivity index (χ0) is 15.7. The van der Waals surface area contributed by atoms with Crippen molar-refractivity contribution in [3.05, 3.63) is 28.8 Å². The van der Waals surface area contributed by atoms with Gasteiger partial charge in [-0.25, -0.2) is 4.79 Å². The smallest absolute Gasteiger partial charge is 0.336 e. The van der Waals surface area contributed by atoms with Crippen LogP contribution in [-0.4, -0.2) is 19.4 Å². The molecule has 0 fully saturated rings. The molecule has 1 rings (SSSR count). The lowest BCUT2D eigenvalue weighted by Gasteiger charge is -2.36. The van der Waals surface area contributed by atoms with Crippen molar-refractivity contribution in [3.8, 4) is 0 Å². The molecule has 0 bridgehead atoms. The van der Waals surface area contributed by atoms with Crippen LogP contribution in [0, 0.1) is 6.92 Å². The minimum Gasteiger partial charge on any atom is -0.478 e. The van der Waals surface area contributed by atoms with E-state index in [2.05, 4.69) is 33.9 Å². The van der Waals surface area contributed by atoms with E-state index in [0.29, 0.717) is 17.9 Å². The molecule has 0 aliphatic heterocycles. The Morgan fingerprint density at radius 3 is 2.35 bits per heavy atom. The third-order valence-corrected chi connectivity index (χ3v) is 8.71. The zero-order valence-electron chi connectivity index (χ0n) is 13.2. The Balaban J connectivity index is 2.96. The van der Waals surface area contributed by atoms with Crippen LogP contribution in [0.2, 0.25) is 18.1 Å². The highest BCUT2D eigenvalue weighted by Gasteiger charge is 2.37. The first-order chi connectivity index (χ1) is 8.97. The molecule has 20 heavy (non-hydrogen) atoms.